The van der Waals surface area contributed by atoms with Crippen LogP contribution in [0.25, 0.3) is 0 Å². The molecule has 1 aromatic carbocycles. The van der Waals surface area contributed by atoms with E-state index in [1.807, 2.05) is 6.92 Å². The first-order chi connectivity index (χ1) is 9.54. The van der Waals surface area contributed by atoms with Gasteiger partial charge >= 0.3 is 0 Å². The number of halogens is 1. The molecule has 0 amide bonds. The second-order valence-electron chi connectivity index (χ2n) is 5.17. The molecule has 0 saturated carbocycles. The Balaban J connectivity index is 2.60. The van der Waals surface area contributed by atoms with Gasteiger partial charge in [0.25, 0.3) is 0 Å². The van der Waals surface area contributed by atoms with E-state index in [1.165, 1.54) is 6.07 Å². The number of likely N-dealkylation sites (N-methyl/N-ethyl adjacent to an activating group) is 1. The molecule has 1 atom stereocenters. The predicted octanol–water partition coefficient (Wildman–Crippen LogP) is 2.58. The smallest absolute Gasteiger partial charge is 0.126 e. The Bertz CT molecular complexity index is 451. The number of nitriles is 1. The molecule has 0 radical (unpaired) electrons. The topological polar surface area (TPSA) is 39.1 Å². The molecule has 3 nitrogen and oxygen atoms in total. The molecule has 1 N–H and O–H groups in total. The van der Waals surface area contributed by atoms with E-state index in [-0.39, 0.29) is 5.82 Å². The normalized spacial score (nSPS) is 14.0. The number of hydrogen-bond acceptors (Lipinski definition) is 3. The first-order valence-electron chi connectivity index (χ1n) is 7.16. The summed E-state index contributed by atoms with van der Waals surface area (Å²) in [6.07, 6.45) is 0.369. The van der Waals surface area contributed by atoms with E-state index >= 15 is 0 Å². The average molecular weight is 277 g/mol. The molecule has 0 heterocycles. The molecule has 1 aromatic rings. The van der Waals surface area contributed by atoms with Gasteiger partial charge in [-0.2, -0.15) is 5.26 Å². The number of benzene rings is 1. The summed E-state index contributed by atoms with van der Waals surface area (Å²) in [4.78, 5) is 2.29. The zero-order chi connectivity index (χ0) is 15.0. The molecule has 0 aliphatic heterocycles. The van der Waals surface area contributed by atoms with Gasteiger partial charge in [-0.05, 0) is 31.6 Å². The van der Waals surface area contributed by atoms with Gasteiger partial charge in [0, 0.05) is 19.5 Å². The Hall–Kier alpha value is -1.44. The van der Waals surface area contributed by atoms with Crippen LogP contribution in [-0.4, -0.2) is 36.6 Å². The second kappa shape index (κ2) is 7.98. The molecular weight excluding hydrogens is 253 g/mol. The third-order valence-corrected chi connectivity index (χ3v) is 3.59. The SMILES string of the molecule is CCN(CC)CCNC(C)(C#N)Cc1ccccc1F. The van der Waals surface area contributed by atoms with E-state index in [0.29, 0.717) is 12.0 Å². The van der Waals surface area contributed by atoms with Crippen LogP contribution in [0, 0.1) is 17.1 Å². The van der Waals surface area contributed by atoms with Crippen molar-refractivity contribution in [2.75, 3.05) is 26.2 Å². The van der Waals surface area contributed by atoms with Crippen molar-refractivity contribution < 1.29 is 4.39 Å². The highest BCUT2D eigenvalue weighted by Gasteiger charge is 2.24. The van der Waals surface area contributed by atoms with Crippen LogP contribution in [0.3, 0.4) is 0 Å². The maximum atomic E-state index is 13.7. The monoisotopic (exact) mass is 277 g/mol. The zero-order valence-corrected chi connectivity index (χ0v) is 12.6. The fourth-order valence-corrected chi connectivity index (χ4v) is 2.19. The van der Waals surface area contributed by atoms with E-state index < -0.39 is 5.54 Å². The Morgan fingerprint density at radius 3 is 2.50 bits per heavy atom. The Morgan fingerprint density at radius 1 is 1.30 bits per heavy atom. The molecule has 4 heteroatoms. The van der Waals surface area contributed by atoms with Crippen LogP contribution in [-0.2, 0) is 6.42 Å². The highest BCUT2D eigenvalue weighted by Crippen LogP contribution is 2.15. The molecule has 0 aliphatic rings. The standard InChI is InChI=1S/C16H24FN3/c1-4-20(5-2)11-10-19-16(3,13-18)12-14-8-6-7-9-15(14)17/h6-9,19H,4-5,10-12H2,1-3H3. The van der Waals surface area contributed by atoms with Gasteiger partial charge in [-0.25, -0.2) is 4.39 Å². The van der Waals surface area contributed by atoms with Gasteiger partial charge in [-0.1, -0.05) is 32.0 Å². The lowest BCUT2D eigenvalue weighted by atomic mass is 9.94. The van der Waals surface area contributed by atoms with E-state index in [2.05, 4.69) is 30.1 Å². The van der Waals surface area contributed by atoms with Crippen LogP contribution in [0.2, 0.25) is 0 Å². The maximum absolute atomic E-state index is 13.7. The number of nitrogens with one attached hydrogen (secondary N) is 1. The largest absolute Gasteiger partial charge is 0.303 e. The summed E-state index contributed by atoms with van der Waals surface area (Å²) in [7, 11) is 0. The molecule has 0 saturated heterocycles. The highest BCUT2D eigenvalue weighted by atomic mass is 19.1. The van der Waals surface area contributed by atoms with Crippen molar-refractivity contribution in [1.29, 1.82) is 5.26 Å². The number of rotatable bonds is 8. The molecule has 0 bridgehead atoms. The van der Waals surface area contributed by atoms with Crippen molar-refractivity contribution in [2.24, 2.45) is 0 Å². The van der Waals surface area contributed by atoms with Crippen molar-refractivity contribution in [3.63, 3.8) is 0 Å². The summed E-state index contributed by atoms with van der Waals surface area (Å²) in [6.45, 7) is 9.66. The van der Waals surface area contributed by atoms with Gasteiger partial charge in [0.05, 0.1) is 6.07 Å². The lowest BCUT2D eigenvalue weighted by molar-refractivity contribution is 0.288. The molecule has 0 fully saturated rings. The van der Waals surface area contributed by atoms with Crippen molar-refractivity contribution >= 4 is 0 Å². The van der Waals surface area contributed by atoms with Crippen molar-refractivity contribution in [3.05, 3.63) is 35.6 Å². The summed E-state index contributed by atoms with van der Waals surface area (Å²) in [6, 6.07) is 8.90. The first kappa shape index (κ1) is 16.6. The minimum absolute atomic E-state index is 0.250. The van der Waals surface area contributed by atoms with Crippen molar-refractivity contribution in [3.8, 4) is 6.07 Å². The van der Waals surface area contributed by atoms with E-state index in [4.69, 9.17) is 0 Å². The van der Waals surface area contributed by atoms with Crippen LogP contribution in [0.15, 0.2) is 24.3 Å². The number of nitrogens with zero attached hydrogens (tertiary/aromatic N) is 2. The van der Waals surface area contributed by atoms with Gasteiger partial charge in [0.2, 0.25) is 0 Å². The quantitative estimate of drug-likeness (QED) is 0.794. The summed E-state index contributed by atoms with van der Waals surface area (Å²) < 4.78 is 13.7. The molecule has 1 unspecified atom stereocenters. The Labute approximate surface area is 121 Å². The Kier molecular flexibility index (Phi) is 6.63. The molecule has 110 valence electrons. The summed E-state index contributed by atoms with van der Waals surface area (Å²) in [5.41, 5.74) is -0.165. The number of hydrogen-bond donors (Lipinski definition) is 1. The minimum Gasteiger partial charge on any atom is -0.303 e. The fraction of sp³-hybridized carbons (Fsp3) is 0.562. The van der Waals surface area contributed by atoms with Gasteiger partial charge in [-0.3, -0.25) is 5.32 Å². The van der Waals surface area contributed by atoms with Gasteiger partial charge in [0.15, 0.2) is 0 Å². The lowest BCUT2D eigenvalue weighted by Crippen LogP contribution is -2.46. The molecule has 0 spiro atoms. The fourth-order valence-electron chi connectivity index (χ4n) is 2.19. The van der Waals surface area contributed by atoms with Gasteiger partial charge < -0.3 is 4.90 Å². The van der Waals surface area contributed by atoms with E-state index in [9.17, 15) is 9.65 Å². The molecule has 0 aromatic heterocycles. The lowest BCUT2D eigenvalue weighted by Gasteiger charge is -2.26. The minimum atomic E-state index is -0.741. The van der Waals surface area contributed by atoms with Crippen LogP contribution >= 0.6 is 0 Å². The second-order valence-corrected chi connectivity index (χ2v) is 5.17. The Morgan fingerprint density at radius 2 is 1.95 bits per heavy atom. The van der Waals surface area contributed by atoms with Crippen LogP contribution < -0.4 is 5.32 Å². The third-order valence-electron chi connectivity index (χ3n) is 3.59. The van der Waals surface area contributed by atoms with Crippen LogP contribution in [0.4, 0.5) is 4.39 Å². The molecular formula is C16H24FN3. The molecule has 20 heavy (non-hydrogen) atoms. The van der Waals surface area contributed by atoms with Crippen molar-refractivity contribution in [2.45, 2.75) is 32.7 Å². The first-order valence-corrected chi connectivity index (χ1v) is 7.16. The molecule has 0 aliphatic carbocycles. The zero-order valence-electron chi connectivity index (χ0n) is 12.6. The summed E-state index contributed by atoms with van der Waals surface area (Å²) >= 11 is 0. The maximum Gasteiger partial charge on any atom is 0.126 e. The van der Waals surface area contributed by atoms with Crippen LogP contribution in [0.1, 0.15) is 26.3 Å². The predicted molar refractivity (Wildman–Crippen MR) is 79.9 cm³/mol. The van der Waals surface area contributed by atoms with E-state index in [1.54, 1.807) is 18.2 Å². The van der Waals surface area contributed by atoms with Gasteiger partial charge in [-0.15, -0.1) is 0 Å². The summed E-state index contributed by atoms with van der Waals surface area (Å²) in [5, 5.41) is 12.6. The third kappa shape index (κ3) is 4.92. The van der Waals surface area contributed by atoms with Crippen molar-refractivity contribution in [1.82, 2.24) is 10.2 Å². The molecule has 1 rings (SSSR count). The average Bonchev–Trinajstić information content (AvgIpc) is 2.46. The van der Waals surface area contributed by atoms with E-state index in [0.717, 1.165) is 26.2 Å². The summed E-state index contributed by atoms with van der Waals surface area (Å²) in [5.74, 6) is -0.250. The highest BCUT2D eigenvalue weighted by molar-refractivity contribution is 5.23. The van der Waals surface area contributed by atoms with Gasteiger partial charge in [0.1, 0.15) is 11.4 Å². The van der Waals surface area contributed by atoms with Crippen LogP contribution in [0.5, 0.6) is 0 Å².